The molecule has 0 spiro atoms. The smallest absolute Gasteiger partial charge is 0.293 e. The van der Waals surface area contributed by atoms with Gasteiger partial charge < -0.3 is 5.32 Å². The lowest BCUT2D eigenvalue weighted by Gasteiger charge is -2.13. The van der Waals surface area contributed by atoms with E-state index in [-0.39, 0.29) is 41.3 Å². The first kappa shape index (κ1) is 20.6. The predicted molar refractivity (Wildman–Crippen MR) is 114 cm³/mol. The van der Waals surface area contributed by atoms with Crippen LogP contribution >= 0.6 is 23.4 Å². The molecular weight excluding hydrogens is 427 g/mol. The average Bonchev–Trinajstić information content (AvgIpc) is 3.48. The Morgan fingerprint density at radius 1 is 1.20 bits per heavy atom. The molecule has 0 bridgehead atoms. The molecule has 3 amide bonds. The third-order valence-corrected chi connectivity index (χ3v) is 6.28. The SMILES string of the molecule is O=C(NCCN1C(=O)S/C(=C\c2ccccc2F)C1=O)C1CC1c1ccc(Cl)cc1. The summed E-state index contributed by atoms with van der Waals surface area (Å²) >= 11 is 6.66. The van der Waals surface area contributed by atoms with E-state index in [0.29, 0.717) is 5.02 Å². The maximum absolute atomic E-state index is 13.8. The third kappa shape index (κ3) is 4.42. The molecule has 2 aromatic carbocycles. The number of carbonyl (C=O) groups excluding carboxylic acids is 3. The third-order valence-electron chi connectivity index (χ3n) is 5.13. The second kappa shape index (κ2) is 8.62. The van der Waals surface area contributed by atoms with Gasteiger partial charge in [-0.3, -0.25) is 19.3 Å². The Bertz CT molecular complexity index is 1040. The number of halogens is 2. The molecule has 8 heteroatoms. The van der Waals surface area contributed by atoms with Crippen LogP contribution in [0.25, 0.3) is 6.08 Å². The minimum absolute atomic E-state index is 0.0728. The fourth-order valence-corrected chi connectivity index (χ4v) is 4.39. The first-order chi connectivity index (χ1) is 14.4. The van der Waals surface area contributed by atoms with Crippen LogP contribution in [0.1, 0.15) is 23.5 Å². The van der Waals surface area contributed by atoms with Crippen molar-refractivity contribution in [1.29, 1.82) is 0 Å². The lowest BCUT2D eigenvalue weighted by Crippen LogP contribution is -2.37. The van der Waals surface area contributed by atoms with E-state index in [1.807, 2.05) is 12.1 Å². The Morgan fingerprint density at radius 2 is 1.93 bits per heavy atom. The average molecular weight is 445 g/mol. The van der Waals surface area contributed by atoms with E-state index in [4.69, 9.17) is 11.6 Å². The molecule has 2 aromatic rings. The van der Waals surface area contributed by atoms with E-state index in [2.05, 4.69) is 5.32 Å². The fraction of sp³-hybridized carbons (Fsp3) is 0.227. The van der Waals surface area contributed by atoms with Crippen LogP contribution in [0.3, 0.4) is 0 Å². The van der Waals surface area contributed by atoms with E-state index in [0.717, 1.165) is 28.6 Å². The summed E-state index contributed by atoms with van der Waals surface area (Å²) in [5.41, 5.74) is 1.32. The van der Waals surface area contributed by atoms with E-state index in [9.17, 15) is 18.8 Å². The zero-order valence-electron chi connectivity index (χ0n) is 15.8. The highest BCUT2D eigenvalue weighted by Gasteiger charge is 2.44. The van der Waals surface area contributed by atoms with Crippen molar-refractivity contribution in [2.75, 3.05) is 13.1 Å². The highest BCUT2D eigenvalue weighted by atomic mass is 35.5. The number of nitrogens with one attached hydrogen (secondary N) is 1. The van der Waals surface area contributed by atoms with Crippen LogP contribution in [-0.4, -0.2) is 35.0 Å². The Kier molecular flexibility index (Phi) is 5.92. The van der Waals surface area contributed by atoms with E-state index in [1.54, 1.807) is 24.3 Å². The second-order valence-electron chi connectivity index (χ2n) is 7.15. The molecule has 5 nitrogen and oxygen atoms in total. The number of thioether (sulfide) groups is 1. The summed E-state index contributed by atoms with van der Waals surface area (Å²) in [5.74, 6) is -0.974. The number of benzene rings is 2. The maximum atomic E-state index is 13.8. The predicted octanol–water partition coefficient (Wildman–Crippen LogP) is 4.44. The van der Waals surface area contributed by atoms with Crippen molar-refractivity contribution in [2.24, 2.45) is 5.92 Å². The first-order valence-electron chi connectivity index (χ1n) is 9.47. The van der Waals surface area contributed by atoms with Crippen LogP contribution in [0.15, 0.2) is 53.4 Å². The molecule has 0 aromatic heterocycles. The monoisotopic (exact) mass is 444 g/mol. The van der Waals surface area contributed by atoms with Gasteiger partial charge in [0.2, 0.25) is 5.91 Å². The molecule has 2 fully saturated rings. The van der Waals surface area contributed by atoms with Crippen molar-refractivity contribution < 1.29 is 18.8 Å². The molecule has 1 aliphatic heterocycles. The zero-order valence-corrected chi connectivity index (χ0v) is 17.4. The summed E-state index contributed by atoms with van der Waals surface area (Å²) in [6.07, 6.45) is 2.14. The van der Waals surface area contributed by atoms with Crippen molar-refractivity contribution in [2.45, 2.75) is 12.3 Å². The van der Waals surface area contributed by atoms with Gasteiger partial charge in [0.1, 0.15) is 5.82 Å². The number of hydrogen-bond acceptors (Lipinski definition) is 4. The normalized spacial score (nSPS) is 21.9. The summed E-state index contributed by atoms with van der Waals surface area (Å²) in [4.78, 5) is 38.2. The molecule has 154 valence electrons. The lowest BCUT2D eigenvalue weighted by molar-refractivity contribution is -0.124. The van der Waals surface area contributed by atoms with Crippen molar-refractivity contribution in [3.8, 4) is 0 Å². The highest BCUT2D eigenvalue weighted by molar-refractivity contribution is 8.18. The second-order valence-corrected chi connectivity index (χ2v) is 8.58. The molecule has 1 saturated heterocycles. The van der Waals surface area contributed by atoms with Gasteiger partial charge in [0.05, 0.1) is 4.91 Å². The summed E-state index contributed by atoms with van der Waals surface area (Å²) in [6.45, 7) is 0.247. The molecule has 1 saturated carbocycles. The minimum atomic E-state index is -0.479. The summed E-state index contributed by atoms with van der Waals surface area (Å²) in [7, 11) is 0. The fourth-order valence-electron chi connectivity index (χ4n) is 3.41. The van der Waals surface area contributed by atoms with Gasteiger partial charge in [0.15, 0.2) is 0 Å². The molecule has 30 heavy (non-hydrogen) atoms. The lowest BCUT2D eigenvalue weighted by atomic mass is 10.1. The van der Waals surface area contributed by atoms with Crippen LogP contribution in [-0.2, 0) is 9.59 Å². The largest absolute Gasteiger partial charge is 0.354 e. The van der Waals surface area contributed by atoms with Crippen LogP contribution in [0, 0.1) is 11.7 Å². The topological polar surface area (TPSA) is 66.5 Å². The summed E-state index contributed by atoms with van der Waals surface area (Å²) in [6, 6.07) is 13.5. The number of rotatable bonds is 6. The van der Waals surface area contributed by atoms with Gasteiger partial charge in [0.25, 0.3) is 11.1 Å². The number of imide groups is 1. The minimum Gasteiger partial charge on any atom is -0.354 e. The van der Waals surface area contributed by atoms with Crippen molar-refractivity contribution in [3.05, 3.63) is 75.4 Å². The Balaban J connectivity index is 1.29. The number of hydrogen-bond donors (Lipinski definition) is 1. The highest BCUT2D eigenvalue weighted by Crippen LogP contribution is 2.47. The van der Waals surface area contributed by atoms with Gasteiger partial charge in [-0.15, -0.1) is 0 Å². The summed E-state index contributed by atoms with van der Waals surface area (Å²) in [5, 5.41) is 3.02. The van der Waals surface area contributed by atoms with E-state index < -0.39 is 17.0 Å². The summed E-state index contributed by atoms with van der Waals surface area (Å²) < 4.78 is 13.8. The molecule has 4 rings (SSSR count). The number of nitrogens with zero attached hydrogens (tertiary/aromatic N) is 1. The van der Waals surface area contributed by atoms with E-state index >= 15 is 0 Å². The molecule has 1 heterocycles. The molecule has 1 aliphatic carbocycles. The molecular formula is C22H18ClFN2O3S. The first-order valence-corrected chi connectivity index (χ1v) is 10.7. The van der Waals surface area contributed by atoms with Crippen molar-refractivity contribution >= 4 is 46.5 Å². The maximum Gasteiger partial charge on any atom is 0.293 e. The molecule has 1 N–H and O–H groups in total. The van der Waals surface area contributed by atoms with Crippen LogP contribution in [0.2, 0.25) is 5.02 Å². The molecule has 2 atom stereocenters. The standard InChI is InChI=1S/C22H18ClFN2O3S/c23-15-7-5-13(6-8-15)16-12-17(16)20(27)25-9-10-26-21(28)19(30-22(26)29)11-14-3-1-2-4-18(14)24/h1-8,11,16-17H,9-10,12H2,(H,25,27)/b19-11-. The molecule has 2 aliphatic rings. The number of amides is 3. The Morgan fingerprint density at radius 3 is 2.67 bits per heavy atom. The van der Waals surface area contributed by atoms with Crippen molar-refractivity contribution in [3.63, 3.8) is 0 Å². The van der Waals surface area contributed by atoms with Gasteiger partial charge in [-0.2, -0.15) is 0 Å². The Labute approximate surface area is 182 Å². The molecule has 2 unspecified atom stereocenters. The quantitative estimate of drug-likeness (QED) is 0.669. The number of carbonyl (C=O) groups is 3. The van der Waals surface area contributed by atoms with Crippen molar-refractivity contribution in [1.82, 2.24) is 10.2 Å². The van der Waals surface area contributed by atoms with Crippen LogP contribution < -0.4 is 5.32 Å². The van der Waals surface area contributed by atoms with Gasteiger partial charge in [-0.1, -0.05) is 41.9 Å². The van der Waals surface area contributed by atoms with Gasteiger partial charge in [0, 0.05) is 29.6 Å². The van der Waals surface area contributed by atoms with Crippen LogP contribution in [0.4, 0.5) is 9.18 Å². The van der Waals surface area contributed by atoms with Crippen LogP contribution in [0.5, 0.6) is 0 Å². The molecule has 0 radical (unpaired) electrons. The Hall–Kier alpha value is -2.64. The van der Waals surface area contributed by atoms with Gasteiger partial charge in [-0.25, -0.2) is 4.39 Å². The van der Waals surface area contributed by atoms with E-state index in [1.165, 1.54) is 18.2 Å². The van der Waals surface area contributed by atoms with Gasteiger partial charge >= 0.3 is 0 Å². The van der Waals surface area contributed by atoms with Gasteiger partial charge in [-0.05, 0) is 53.9 Å². The zero-order chi connectivity index (χ0) is 21.3.